The molecule has 0 radical (unpaired) electrons. The maximum Gasteiger partial charge on any atom is 0.191 e. The van der Waals surface area contributed by atoms with E-state index in [2.05, 4.69) is 6.07 Å². The molecular formula is C25H26F2N4O2S. The Balaban J connectivity index is 1.47. The SMILES string of the molecule is COc1cc(OC)c(F)c(N2Cc3cnc(-c4csc(N(C)C)n4)cc3C3(CC3)C23CC3)c1F. The van der Waals surface area contributed by atoms with E-state index >= 15 is 8.78 Å². The summed E-state index contributed by atoms with van der Waals surface area (Å²) in [5, 5.41) is 2.96. The number of methoxy groups -OCH3 is 2. The predicted octanol–water partition coefficient (Wildman–Crippen LogP) is 5.15. The fourth-order valence-corrected chi connectivity index (χ4v) is 6.49. The van der Waals surface area contributed by atoms with E-state index in [0.29, 0.717) is 6.54 Å². The van der Waals surface area contributed by atoms with Gasteiger partial charge in [0.25, 0.3) is 0 Å². The molecule has 0 atom stereocenters. The number of fused-ring (bicyclic) bond motifs is 3. The van der Waals surface area contributed by atoms with Gasteiger partial charge in [0.05, 0.1) is 25.5 Å². The van der Waals surface area contributed by atoms with Crippen molar-refractivity contribution in [1.82, 2.24) is 9.97 Å². The summed E-state index contributed by atoms with van der Waals surface area (Å²) in [5.41, 5.74) is 3.45. The molecule has 0 saturated heterocycles. The number of hydrogen-bond acceptors (Lipinski definition) is 7. The number of halogens is 2. The van der Waals surface area contributed by atoms with Crippen molar-refractivity contribution in [3.8, 4) is 22.9 Å². The first-order chi connectivity index (χ1) is 16.3. The average Bonchev–Trinajstić information content (AvgIpc) is 3.74. The van der Waals surface area contributed by atoms with E-state index in [4.69, 9.17) is 19.4 Å². The number of benzene rings is 1. The summed E-state index contributed by atoms with van der Waals surface area (Å²) >= 11 is 1.58. The summed E-state index contributed by atoms with van der Waals surface area (Å²) in [5.74, 6) is -1.41. The molecule has 3 aromatic rings. The van der Waals surface area contributed by atoms with Crippen LogP contribution >= 0.6 is 11.3 Å². The van der Waals surface area contributed by atoms with Crippen LogP contribution in [0.15, 0.2) is 23.7 Å². The third-order valence-electron chi connectivity index (χ3n) is 7.67. The number of pyridine rings is 1. The van der Waals surface area contributed by atoms with Gasteiger partial charge < -0.3 is 19.3 Å². The minimum Gasteiger partial charge on any atom is -0.493 e. The van der Waals surface area contributed by atoms with E-state index in [1.54, 1.807) is 11.3 Å². The van der Waals surface area contributed by atoms with E-state index in [0.717, 1.165) is 47.8 Å². The van der Waals surface area contributed by atoms with Crippen LogP contribution < -0.4 is 19.3 Å². The van der Waals surface area contributed by atoms with Crippen molar-refractivity contribution in [2.45, 2.75) is 43.2 Å². The zero-order valence-electron chi connectivity index (χ0n) is 19.6. The van der Waals surface area contributed by atoms with Gasteiger partial charge in [-0.2, -0.15) is 0 Å². The molecule has 3 heterocycles. The molecule has 6 nitrogen and oxygen atoms in total. The van der Waals surface area contributed by atoms with Crippen LogP contribution in [0.25, 0.3) is 11.4 Å². The molecule has 34 heavy (non-hydrogen) atoms. The van der Waals surface area contributed by atoms with Gasteiger partial charge in [0, 0.05) is 43.7 Å². The Morgan fingerprint density at radius 1 is 1.00 bits per heavy atom. The van der Waals surface area contributed by atoms with Crippen molar-refractivity contribution in [1.29, 1.82) is 0 Å². The van der Waals surface area contributed by atoms with Crippen LogP contribution in [0.4, 0.5) is 19.6 Å². The summed E-state index contributed by atoms with van der Waals surface area (Å²) < 4.78 is 41.5. The summed E-state index contributed by atoms with van der Waals surface area (Å²) in [4.78, 5) is 13.3. The van der Waals surface area contributed by atoms with Gasteiger partial charge in [-0.25, -0.2) is 13.8 Å². The molecule has 0 unspecified atom stereocenters. The van der Waals surface area contributed by atoms with Crippen molar-refractivity contribution < 1.29 is 18.3 Å². The molecule has 2 aliphatic carbocycles. The van der Waals surface area contributed by atoms with Gasteiger partial charge >= 0.3 is 0 Å². The zero-order chi connectivity index (χ0) is 23.8. The van der Waals surface area contributed by atoms with Crippen molar-refractivity contribution >= 4 is 22.2 Å². The van der Waals surface area contributed by atoms with Crippen LogP contribution in [0.1, 0.15) is 36.8 Å². The van der Waals surface area contributed by atoms with E-state index < -0.39 is 11.6 Å². The lowest BCUT2D eigenvalue weighted by Gasteiger charge is -2.46. The Morgan fingerprint density at radius 2 is 1.68 bits per heavy atom. The Morgan fingerprint density at radius 3 is 2.21 bits per heavy atom. The van der Waals surface area contributed by atoms with E-state index in [1.165, 1.54) is 25.8 Å². The van der Waals surface area contributed by atoms with Gasteiger partial charge in [-0.3, -0.25) is 4.98 Å². The van der Waals surface area contributed by atoms with Crippen LogP contribution in [0.3, 0.4) is 0 Å². The number of ether oxygens (including phenoxy) is 2. The first-order valence-corrected chi connectivity index (χ1v) is 12.2. The van der Waals surface area contributed by atoms with Crippen molar-refractivity contribution in [3.05, 3.63) is 46.5 Å². The van der Waals surface area contributed by atoms with Gasteiger partial charge in [-0.15, -0.1) is 11.3 Å². The molecule has 2 aromatic heterocycles. The van der Waals surface area contributed by atoms with Crippen molar-refractivity contribution in [3.63, 3.8) is 0 Å². The predicted molar refractivity (Wildman–Crippen MR) is 128 cm³/mol. The maximum absolute atomic E-state index is 15.5. The molecule has 1 aliphatic heterocycles. The van der Waals surface area contributed by atoms with E-state index in [9.17, 15) is 0 Å². The Hall–Kier alpha value is -2.94. The zero-order valence-corrected chi connectivity index (χ0v) is 20.4. The molecule has 6 rings (SSSR count). The largest absolute Gasteiger partial charge is 0.493 e. The molecule has 178 valence electrons. The maximum atomic E-state index is 15.5. The quantitative estimate of drug-likeness (QED) is 0.499. The summed E-state index contributed by atoms with van der Waals surface area (Å²) in [6.45, 7) is 0.383. The average molecular weight is 485 g/mol. The van der Waals surface area contributed by atoms with Gasteiger partial charge in [0.2, 0.25) is 0 Å². The highest BCUT2D eigenvalue weighted by Crippen LogP contribution is 2.71. The number of rotatable bonds is 5. The second-order valence-electron chi connectivity index (χ2n) is 9.59. The van der Waals surface area contributed by atoms with E-state index in [1.807, 2.05) is 35.5 Å². The third kappa shape index (κ3) is 2.82. The molecule has 1 aromatic carbocycles. The van der Waals surface area contributed by atoms with E-state index in [-0.39, 0.29) is 28.1 Å². The molecule has 0 N–H and O–H groups in total. The minimum absolute atomic E-state index is 0.0200. The monoisotopic (exact) mass is 484 g/mol. The minimum atomic E-state index is -0.686. The molecule has 3 aliphatic rings. The molecule has 2 spiro atoms. The van der Waals surface area contributed by atoms with Crippen LogP contribution in [-0.2, 0) is 12.0 Å². The molecular weight excluding hydrogens is 458 g/mol. The number of thiazole rings is 1. The summed E-state index contributed by atoms with van der Waals surface area (Å²) in [7, 11) is 6.70. The fourth-order valence-electron chi connectivity index (χ4n) is 5.74. The molecule has 0 bridgehead atoms. The molecule has 9 heteroatoms. The first-order valence-electron chi connectivity index (χ1n) is 11.4. The smallest absolute Gasteiger partial charge is 0.191 e. The van der Waals surface area contributed by atoms with Crippen molar-refractivity contribution in [2.24, 2.45) is 0 Å². The normalized spacial score (nSPS) is 18.7. The Labute approximate surface area is 201 Å². The lowest BCUT2D eigenvalue weighted by atomic mass is 9.78. The second kappa shape index (κ2) is 7.28. The number of aromatic nitrogens is 2. The standard InChI is InChI=1S/C25H26F2N4O2S/c1-30(2)23-29-17(13-34-23)16-9-15-14(11-28-16)12-31(25(7-8-25)24(15)5-6-24)22-20(26)18(32-3)10-19(33-4)21(22)27/h9-11,13H,5-8,12H2,1-4H3. The molecule has 0 amide bonds. The van der Waals surface area contributed by atoms with Gasteiger partial charge in [0.15, 0.2) is 28.3 Å². The second-order valence-corrected chi connectivity index (χ2v) is 10.4. The van der Waals surface area contributed by atoms with Crippen LogP contribution in [0.2, 0.25) is 0 Å². The topological polar surface area (TPSA) is 50.7 Å². The first kappa shape index (κ1) is 21.6. The lowest BCUT2D eigenvalue weighted by molar-refractivity contribution is 0.350. The molecule has 2 fully saturated rings. The third-order valence-corrected chi connectivity index (χ3v) is 8.68. The highest BCUT2D eigenvalue weighted by Gasteiger charge is 2.71. The lowest BCUT2D eigenvalue weighted by Crippen LogP contribution is -2.51. The summed E-state index contributed by atoms with van der Waals surface area (Å²) in [6.07, 6.45) is 5.62. The number of anilines is 2. The van der Waals surface area contributed by atoms with Crippen LogP contribution in [0.5, 0.6) is 11.5 Å². The van der Waals surface area contributed by atoms with Gasteiger partial charge in [-0.1, -0.05) is 0 Å². The highest BCUT2D eigenvalue weighted by molar-refractivity contribution is 7.14. The molecule has 2 saturated carbocycles. The number of hydrogen-bond donors (Lipinski definition) is 0. The van der Waals surface area contributed by atoms with Crippen molar-refractivity contribution in [2.75, 3.05) is 38.1 Å². The van der Waals surface area contributed by atoms with Crippen LogP contribution in [-0.4, -0.2) is 43.8 Å². The van der Waals surface area contributed by atoms with Crippen LogP contribution in [0, 0.1) is 11.6 Å². The van der Waals surface area contributed by atoms with Gasteiger partial charge in [-0.05, 0) is 42.9 Å². The Bertz CT molecular complexity index is 1270. The summed E-state index contributed by atoms with van der Waals surface area (Å²) in [6, 6.07) is 3.43. The number of nitrogens with zero attached hydrogens (tertiary/aromatic N) is 4. The Kier molecular flexibility index (Phi) is 4.62. The van der Waals surface area contributed by atoms with Gasteiger partial charge in [0.1, 0.15) is 11.4 Å². The highest BCUT2D eigenvalue weighted by atomic mass is 32.1. The fraction of sp³-hybridized carbons (Fsp3) is 0.440.